The van der Waals surface area contributed by atoms with Crippen molar-refractivity contribution < 1.29 is 33.4 Å². The van der Waals surface area contributed by atoms with Crippen LogP contribution in [0.15, 0.2) is 48.5 Å². The van der Waals surface area contributed by atoms with Crippen molar-refractivity contribution >= 4 is 41.2 Å². The first kappa shape index (κ1) is 42.0. The Hall–Kier alpha value is -4.45. The van der Waals surface area contributed by atoms with E-state index in [1.807, 2.05) is 48.7 Å². The van der Waals surface area contributed by atoms with Gasteiger partial charge < -0.3 is 34.8 Å². The number of amides is 4. The Morgan fingerprint density at radius 2 is 1.40 bits per heavy atom. The second-order valence-corrected chi connectivity index (χ2v) is 16.2. The van der Waals surface area contributed by atoms with E-state index >= 15 is 0 Å². The van der Waals surface area contributed by atoms with Crippen molar-refractivity contribution in [3.63, 3.8) is 0 Å². The maximum Gasteiger partial charge on any atom is 0.407 e. The number of esters is 1. The van der Waals surface area contributed by atoms with Crippen LogP contribution in [0, 0.1) is 11.8 Å². The largest absolute Gasteiger partial charge is 0.456 e. The van der Waals surface area contributed by atoms with Crippen LogP contribution in [-0.4, -0.2) is 86.2 Å². The van der Waals surface area contributed by atoms with E-state index in [-0.39, 0.29) is 42.1 Å². The Labute approximate surface area is 309 Å². The highest BCUT2D eigenvalue weighted by Crippen LogP contribution is 2.31. The fourth-order valence-corrected chi connectivity index (χ4v) is 6.07. The summed E-state index contributed by atoms with van der Waals surface area (Å²) >= 11 is 0. The molecule has 0 unspecified atom stereocenters. The molecule has 0 spiro atoms. The summed E-state index contributed by atoms with van der Waals surface area (Å²) in [6, 6.07) is 12.4. The van der Waals surface area contributed by atoms with E-state index in [1.54, 1.807) is 86.1 Å². The van der Waals surface area contributed by atoms with E-state index in [0.29, 0.717) is 41.9 Å². The van der Waals surface area contributed by atoms with Crippen molar-refractivity contribution in [1.82, 2.24) is 15.5 Å². The van der Waals surface area contributed by atoms with Gasteiger partial charge >= 0.3 is 12.1 Å². The minimum absolute atomic E-state index is 0.124. The van der Waals surface area contributed by atoms with Crippen LogP contribution in [-0.2, 0) is 23.9 Å². The standard InChI is InChI=1S/C40H59N5O7/c1-26(2)45(31-21-19-29(20-22-31)37(49)51-39(3,4)5)36(48)34(30-13-12-14-32(23-30)44(11)33(46)25-43(9)10)42-35(47)28-17-15-27(16-18-28)24-41-38(50)52-40(6,7)8/h12-14,19-23,26-28,34H,15-18,24-25H2,1-11H3,(H,41,50)(H,42,47)/t27?,28?,34-/m0/s1. The summed E-state index contributed by atoms with van der Waals surface area (Å²) in [7, 11) is 5.32. The predicted octanol–water partition coefficient (Wildman–Crippen LogP) is 6.10. The van der Waals surface area contributed by atoms with E-state index in [9.17, 15) is 24.0 Å². The monoisotopic (exact) mass is 721 g/mol. The van der Waals surface area contributed by atoms with E-state index in [4.69, 9.17) is 9.47 Å². The van der Waals surface area contributed by atoms with Crippen LogP contribution in [0.1, 0.15) is 103 Å². The van der Waals surface area contributed by atoms with Gasteiger partial charge in [-0.25, -0.2) is 9.59 Å². The molecule has 12 heteroatoms. The molecule has 0 bridgehead atoms. The van der Waals surface area contributed by atoms with E-state index in [0.717, 1.165) is 12.8 Å². The van der Waals surface area contributed by atoms with Gasteiger partial charge in [-0.3, -0.25) is 14.4 Å². The van der Waals surface area contributed by atoms with Gasteiger partial charge in [0.15, 0.2) is 0 Å². The second-order valence-electron chi connectivity index (χ2n) is 16.2. The molecule has 0 heterocycles. The Morgan fingerprint density at radius 1 is 0.808 bits per heavy atom. The molecule has 1 fully saturated rings. The van der Waals surface area contributed by atoms with Gasteiger partial charge in [0.25, 0.3) is 5.91 Å². The first-order valence-electron chi connectivity index (χ1n) is 18.1. The van der Waals surface area contributed by atoms with Crippen molar-refractivity contribution in [2.75, 3.05) is 44.0 Å². The van der Waals surface area contributed by atoms with Gasteiger partial charge in [-0.1, -0.05) is 12.1 Å². The molecular formula is C40H59N5O7. The molecule has 2 aromatic carbocycles. The zero-order chi connectivity index (χ0) is 39.0. The number of hydrogen-bond acceptors (Lipinski definition) is 8. The number of benzene rings is 2. The van der Waals surface area contributed by atoms with Crippen LogP contribution in [0.5, 0.6) is 0 Å². The maximum atomic E-state index is 14.7. The third-order valence-corrected chi connectivity index (χ3v) is 8.64. The van der Waals surface area contributed by atoms with Gasteiger partial charge in [-0.05, 0) is 143 Å². The average molecular weight is 722 g/mol. The molecular weight excluding hydrogens is 662 g/mol. The highest BCUT2D eigenvalue weighted by molar-refractivity contribution is 6.01. The molecule has 2 N–H and O–H groups in total. The average Bonchev–Trinajstić information content (AvgIpc) is 3.04. The number of hydrogen-bond donors (Lipinski definition) is 2. The van der Waals surface area contributed by atoms with Gasteiger partial charge in [-0.15, -0.1) is 0 Å². The van der Waals surface area contributed by atoms with Crippen molar-refractivity contribution in [2.24, 2.45) is 11.8 Å². The first-order valence-corrected chi connectivity index (χ1v) is 18.1. The third kappa shape index (κ3) is 12.6. The summed E-state index contributed by atoms with van der Waals surface area (Å²) in [6.07, 6.45) is 2.23. The molecule has 4 amide bonds. The van der Waals surface area contributed by atoms with E-state index in [1.165, 1.54) is 4.90 Å². The molecule has 1 atom stereocenters. The molecule has 1 saturated carbocycles. The summed E-state index contributed by atoms with van der Waals surface area (Å²) < 4.78 is 10.9. The normalized spacial score (nSPS) is 16.9. The van der Waals surface area contributed by atoms with E-state index in [2.05, 4.69) is 10.6 Å². The minimum atomic E-state index is -1.07. The van der Waals surface area contributed by atoms with Gasteiger partial charge in [-0.2, -0.15) is 0 Å². The lowest BCUT2D eigenvalue weighted by atomic mass is 9.81. The molecule has 1 aliphatic carbocycles. The molecule has 0 aliphatic heterocycles. The summed E-state index contributed by atoms with van der Waals surface area (Å²) in [5.74, 6) is -1.29. The number of alkyl carbamates (subject to hydrolysis) is 1. The third-order valence-electron chi connectivity index (χ3n) is 8.64. The van der Waals surface area contributed by atoms with Gasteiger partial charge in [0.05, 0.1) is 12.1 Å². The highest BCUT2D eigenvalue weighted by Gasteiger charge is 2.34. The lowest BCUT2D eigenvalue weighted by Crippen LogP contribution is -2.47. The van der Waals surface area contributed by atoms with Crippen LogP contribution in [0.2, 0.25) is 0 Å². The van der Waals surface area contributed by atoms with Crippen molar-refractivity contribution in [3.05, 3.63) is 59.7 Å². The number of anilines is 2. The number of nitrogens with one attached hydrogen (secondary N) is 2. The van der Waals surface area contributed by atoms with Crippen molar-refractivity contribution in [1.29, 1.82) is 0 Å². The first-order chi connectivity index (χ1) is 24.1. The Morgan fingerprint density at radius 3 is 1.94 bits per heavy atom. The smallest absolute Gasteiger partial charge is 0.407 e. The molecule has 286 valence electrons. The minimum Gasteiger partial charge on any atom is -0.456 e. The quantitative estimate of drug-likeness (QED) is 0.251. The fraction of sp³-hybridized carbons (Fsp3) is 0.575. The Bertz CT molecular complexity index is 1550. The zero-order valence-electron chi connectivity index (χ0n) is 32.9. The van der Waals surface area contributed by atoms with Crippen LogP contribution in [0.4, 0.5) is 16.2 Å². The molecule has 1 aliphatic rings. The molecule has 0 saturated heterocycles. The number of carbonyl (C=O) groups excluding carboxylic acids is 5. The molecule has 0 radical (unpaired) electrons. The summed E-state index contributed by atoms with van der Waals surface area (Å²) in [5.41, 5.74) is 0.795. The Balaban J connectivity index is 1.88. The van der Waals surface area contributed by atoms with E-state index < -0.39 is 29.3 Å². The van der Waals surface area contributed by atoms with Gasteiger partial charge in [0.2, 0.25) is 11.8 Å². The molecule has 3 rings (SSSR count). The van der Waals surface area contributed by atoms with Crippen LogP contribution in [0.25, 0.3) is 0 Å². The Kier molecular flexibility index (Phi) is 14.4. The SMILES string of the molecule is CC(C)N(C(=O)[C@@H](NC(=O)C1CCC(CNC(=O)OC(C)(C)C)CC1)c1cccc(N(C)C(=O)CN(C)C)c1)c1ccc(C(=O)OC(C)(C)C)cc1. The molecule has 12 nitrogen and oxygen atoms in total. The summed E-state index contributed by atoms with van der Waals surface area (Å²) in [4.78, 5) is 71.3. The maximum absolute atomic E-state index is 14.7. The van der Waals surface area contributed by atoms with Crippen molar-refractivity contribution in [3.8, 4) is 0 Å². The van der Waals surface area contributed by atoms with Crippen LogP contribution < -0.4 is 20.4 Å². The van der Waals surface area contributed by atoms with Gasteiger partial charge in [0.1, 0.15) is 17.2 Å². The number of likely N-dealkylation sites (N-methyl/N-ethyl adjacent to an activating group) is 2. The number of nitrogens with zero attached hydrogens (tertiary/aromatic N) is 3. The topological polar surface area (TPSA) is 138 Å². The number of carbonyl (C=O) groups is 5. The van der Waals surface area contributed by atoms with Crippen molar-refractivity contribution in [2.45, 2.75) is 104 Å². The summed E-state index contributed by atoms with van der Waals surface area (Å²) in [6.45, 7) is 15.3. The number of rotatable bonds is 12. The fourth-order valence-electron chi connectivity index (χ4n) is 6.07. The molecule has 0 aromatic heterocycles. The lowest BCUT2D eigenvalue weighted by Gasteiger charge is -2.33. The predicted molar refractivity (Wildman–Crippen MR) is 203 cm³/mol. The van der Waals surface area contributed by atoms with Crippen LogP contribution >= 0.6 is 0 Å². The zero-order valence-corrected chi connectivity index (χ0v) is 32.9. The van der Waals surface area contributed by atoms with Gasteiger partial charge in [0, 0.05) is 36.9 Å². The highest BCUT2D eigenvalue weighted by atomic mass is 16.6. The molecule has 52 heavy (non-hydrogen) atoms. The summed E-state index contributed by atoms with van der Waals surface area (Å²) in [5, 5.41) is 5.92. The second kappa shape index (κ2) is 17.9. The van der Waals surface area contributed by atoms with Crippen LogP contribution in [0.3, 0.4) is 0 Å². The number of ether oxygens (including phenoxy) is 2. The molecule has 2 aromatic rings. The lowest BCUT2D eigenvalue weighted by molar-refractivity contribution is -0.131.